The van der Waals surface area contributed by atoms with Crippen LogP contribution in [0.25, 0.3) is 11.5 Å². The van der Waals surface area contributed by atoms with E-state index in [1.54, 1.807) is 13.0 Å². The second kappa shape index (κ2) is 7.86. The number of benzene rings is 2. The SMILES string of the molecule is Cc1oc(-c2ccccc2)nc1C(=O)NC1CCN(c2ccc(Cl)c(Cl)c2)C1. The molecule has 1 aliphatic rings. The third kappa shape index (κ3) is 3.86. The van der Waals surface area contributed by atoms with Gasteiger partial charge in [0.15, 0.2) is 5.69 Å². The Kier molecular flexibility index (Phi) is 5.29. The van der Waals surface area contributed by atoms with Gasteiger partial charge < -0.3 is 14.6 Å². The lowest BCUT2D eigenvalue weighted by molar-refractivity contribution is 0.0934. The molecule has 1 amide bonds. The average Bonchev–Trinajstić information content (AvgIpc) is 3.31. The first-order chi connectivity index (χ1) is 13.5. The molecule has 0 spiro atoms. The molecule has 1 aromatic heterocycles. The average molecular weight is 416 g/mol. The highest BCUT2D eigenvalue weighted by Crippen LogP contribution is 2.29. The quantitative estimate of drug-likeness (QED) is 0.653. The summed E-state index contributed by atoms with van der Waals surface area (Å²) < 4.78 is 5.69. The molecule has 5 nitrogen and oxygen atoms in total. The number of amides is 1. The van der Waals surface area contributed by atoms with Crippen LogP contribution in [0.4, 0.5) is 5.69 Å². The van der Waals surface area contributed by atoms with Gasteiger partial charge in [-0.15, -0.1) is 0 Å². The summed E-state index contributed by atoms with van der Waals surface area (Å²) >= 11 is 12.1. The van der Waals surface area contributed by atoms with Gasteiger partial charge in [-0.05, 0) is 43.7 Å². The molecule has 2 aromatic carbocycles. The molecular weight excluding hydrogens is 397 g/mol. The van der Waals surface area contributed by atoms with Gasteiger partial charge in [-0.2, -0.15) is 0 Å². The molecule has 1 atom stereocenters. The Morgan fingerprint density at radius 2 is 1.96 bits per heavy atom. The lowest BCUT2D eigenvalue weighted by Crippen LogP contribution is -2.37. The number of aryl methyl sites for hydroxylation is 1. The van der Waals surface area contributed by atoms with Crippen LogP contribution in [-0.2, 0) is 0 Å². The molecule has 1 aliphatic heterocycles. The third-order valence-electron chi connectivity index (χ3n) is 4.82. The normalized spacial score (nSPS) is 16.4. The molecule has 0 saturated carbocycles. The van der Waals surface area contributed by atoms with Gasteiger partial charge >= 0.3 is 0 Å². The molecule has 0 bridgehead atoms. The minimum absolute atomic E-state index is 0.0261. The van der Waals surface area contributed by atoms with Crippen molar-refractivity contribution in [3.05, 3.63) is 70.0 Å². The molecule has 0 aliphatic carbocycles. The number of halogens is 2. The monoisotopic (exact) mass is 415 g/mol. The first-order valence-corrected chi connectivity index (χ1v) is 9.80. The Balaban J connectivity index is 1.43. The first-order valence-electron chi connectivity index (χ1n) is 9.05. The van der Waals surface area contributed by atoms with Gasteiger partial charge in [0.05, 0.1) is 10.0 Å². The number of hydrogen-bond donors (Lipinski definition) is 1. The summed E-state index contributed by atoms with van der Waals surface area (Å²) in [6.07, 6.45) is 0.842. The van der Waals surface area contributed by atoms with E-state index in [0.29, 0.717) is 33.9 Å². The maximum Gasteiger partial charge on any atom is 0.273 e. The van der Waals surface area contributed by atoms with Crippen molar-refractivity contribution in [1.82, 2.24) is 10.3 Å². The molecule has 1 N–H and O–H groups in total. The molecule has 1 fully saturated rings. The standard InChI is InChI=1S/C21H19Cl2N3O2/c1-13-19(25-21(28-13)14-5-3-2-4-6-14)20(27)24-15-9-10-26(12-15)16-7-8-17(22)18(23)11-16/h2-8,11,15H,9-10,12H2,1H3,(H,24,27). The van der Waals surface area contributed by atoms with Gasteiger partial charge in [-0.25, -0.2) is 4.98 Å². The van der Waals surface area contributed by atoms with Crippen molar-refractivity contribution in [2.75, 3.05) is 18.0 Å². The zero-order valence-corrected chi connectivity index (χ0v) is 16.8. The predicted molar refractivity (Wildman–Crippen MR) is 111 cm³/mol. The number of rotatable bonds is 4. The number of nitrogens with one attached hydrogen (secondary N) is 1. The maximum atomic E-state index is 12.7. The van der Waals surface area contributed by atoms with Crippen LogP contribution >= 0.6 is 23.2 Å². The Labute approximate surface area is 173 Å². The number of carbonyl (C=O) groups excluding carboxylic acids is 1. The van der Waals surface area contributed by atoms with E-state index in [1.807, 2.05) is 42.5 Å². The molecule has 2 heterocycles. The van der Waals surface area contributed by atoms with Gasteiger partial charge in [-0.1, -0.05) is 41.4 Å². The molecule has 0 radical (unpaired) electrons. The van der Waals surface area contributed by atoms with Gasteiger partial charge in [0.1, 0.15) is 5.76 Å². The Morgan fingerprint density at radius 3 is 2.71 bits per heavy atom. The van der Waals surface area contributed by atoms with E-state index in [9.17, 15) is 4.79 Å². The molecule has 144 valence electrons. The van der Waals surface area contributed by atoms with E-state index in [0.717, 1.165) is 24.2 Å². The van der Waals surface area contributed by atoms with Crippen molar-refractivity contribution >= 4 is 34.8 Å². The number of nitrogens with zero attached hydrogens (tertiary/aromatic N) is 2. The van der Waals surface area contributed by atoms with Gasteiger partial charge in [-0.3, -0.25) is 4.79 Å². The predicted octanol–water partition coefficient (Wildman–Crippen LogP) is 4.97. The largest absolute Gasteiger partial charge is 0.441 e. The van der Waals surface area contributed by atoms with Crippen LogP contribution in [0.15, 0.2) is 52.9 Å². The topological polar surface area (TPSA) is 58.4 Å². The lowest BCUT2D eigenvalue weighted by atomic mass is 10.2. The molecule has 1 unspecified atom stereocenters. The van der Waals surface area contributed by atoms with Gasteiger partial charge in [0.25, 0.3) is 5.91 Å². The minimum atomic E-state index is -0.218. The fourth-order valence-electron chi connectivity index (χ4n) is 3.36. The summed E-state index contributed by atoms with van der Waals surface area (Å²) in [4.78, 5) is 19.3. The highest BCUT2D eigenvalue weighted by Gasteiger charge is 2.27. The fraction of sp³-hybridized carbons (Fsp3) is 0.238. The Bertz CT molecular complexity index is 1000. The van der Waals surface area contributed by atoms with E-state index in [1.165, 1.54) is 0 Å². The molecular formula is C21H19Cl2N3O2. The van der Waals surface area contributed by atoms with Crippen molar-refractivity contribution < 1.29 is 9.21 Å². The summed E-state index contributed by atoms with van der Waals surface area (Å²) in [5.41, 5.74) is 2.17. The Hall–Kier alpha value is -2.50. The van der Waals surface area contributed by atoms with Crippen molar-refractivity contribution in [3.8, 4) is 11.5 Å². The zero-order chi connectivity index (χ0) is 19.7. The number of anilines is 1. The van der Waals surface area contributed by atoms with Crippen LogP contribution in [0.1, 0.15) is 22.7 Å². The van der Waals surface area contributed by atoms with Crippen molar-refractivity contribution in [2.24, 2.45) is 0 Å². The van der Waals surface area contributed by atoms with E-state index in [4.69, 9.17) is 27.6 Å². The van der Waals surface area contributed by atoms with E-state index < -0.39 is 0 Å². The second-order valence-corrected chi connectivity index (χ2v) is 7.61. The number of carbonyl (C=O) groups is 1. The highest BCUT2D eigenvalue weighted by atomic mass is 35.5. The summed E-state index contributed by atoms with van der Waals surface area (Å²) in [5, 5.41) is 4.12. The Morgan fingerprint density at radius 1 is 1.18 bits per heavy atom. The highest BCUT2D eigenvalue weighted by molar-refractivity contribution is 6.42. The lowest BCUT2D eigenvalue weighted by Gasteiger charge is -2.19. The van der Waals surface area contributed by atoms with Gasteiger partial charge in [0, 0.05) is 30.4 Å². The van der Waals surface area contributed by atoms with Gasteiger partial charge in [0.2, 0.25) is 5.89 Å². The van der Waals surface area contributed by atoms with Crippen molar-refractivity contribution in [1.29, 1.82) is 0 Å². The van der Waals surface area contributed by atoms with Crippen LogP contribution in [0.3, 0.4) is 0 Å². The second-order valence-electron chi connectivity index (χ2n) is 6.79. The number of oxazole rings is 1. The summed E-state index contributed by atoms with van der Waals surface area (Å²) in [7, 11) is 0. The molecule has 7 heteroatoms. The zero-order valence-electron chi connectivity index (χ0n) is 15.3. The van der Waals surface area contributed by atoms with Crippen LogP contribution in [0, 0.1) is 6.92 Å². The van der Waals surface area contributed by atoms with Crippen LogP contribution in [0.2, 0.25) is 10.0 Å². The fourth-order valence-corrected chi connectivity index (χ4v) is 3.65. The third-order valence-corrected chi connectivity index (χ3v) is 5.56. The van der Waals surface area contributed by atoms with Crippen molar-refractivity contribution in [3.63, 3.8) is 0 Å². The summed E-state index contributed by atoms with van der Waals surface area (Å²) in [5.74, 6) is 0.743. The number of aromatic nitrogens is 1. The van der Waals surface area contributed by atoms with E-state index in [-0.39, 0.29) is 11.9 Å². The smallest absolute Gasteiger partial charge is 0.273 e. The molecule has 4 rings (SSSR count). The number of hydrogen-bond acceptors (Lipinski definition) is 4. The molecule has 3 aromatic rings. The van der Waals surface area contributed by atoms with Crippen molar-refractivity contribution in [2.45, 2.75) is 19.4 Å². The van der Waals surface area contributed by atoms with Crippen LogP contribution in [0.5, 0.6) is 0 Å². The van der Waals surface area contributed by atoms with E-state index >= 15 is 0 Å². The summed E-state index contributed by atoms with van der Waals surface area (Å²) in [6.45, 7) is 3.28. The first kappa shape index (κ1) is 18.8. The minimum Gasteiger partial charge on any atom is -0.441 e. The van der Waals surface area contributed by atoms with Crippen LogP contribution < -0.4 is 10.2 Å². The van der Waals surface area contributed by atoms with E-state index in [2.05, 4.69) is 15.2 Å². The summed E-state index contributed by atoms with van der Waals surface area (Å²) in [6, 6.07) is 15.1. The maximum absolute atomic E-state index is 12.7. The molecule has 1 saturated heterocycles. The van der Waals surface area contributed by atoms with Crippen LogP contribution in [-0.4, -0.2) is 30.0 Å². The molecule has 28 heavy (non-hydrogen) atoms.